The number of halogens is 1. The first-order valence-corrected chi connectivity index (χ1v) is 6.19. The molecular weight excluding hydrogens is 321 g/mol. The molecule has 0 radical (unpaired) electrons. The second-order valence-corrected chi connectivity index (χ2v) is 4.76. The van der Waals surface area contributed by atoms with Crippen LogP contribution >= 0.6 is 0 Å². The van der Waals surface area contributed by atoms with Gasteiger partial charge >= 0.3 is 5.69 Å². The van der Waals surface area contributed by atoms with Gasteiger partial charge in [-0.25, -0.2) is 9.36 Å². The Morgan fingerprint density at radius 1 is 1.43 bits per heavy atom. The van der Waals surface area contributed by atoms with Crippen molar-refractivity contribution in [2.24, 2.45) is 5.11 Å². The highest BCUT2D eigenvalue weighted by Gasteiger charge is 2.54. The summed E-state index contributed by atoms with van der Waals surface area (Å²) in [4.78, 5) is 26.7. The number of H-pyrrole nitrogens is 1. The smallest absolute Gasteiger partial charge is 0.332 e. The van der Waals surface area contributed by atoms with Crippen LogP contribution in [0.3, 0.4) is 0 Å². The molecule has 0 aromatic carbocycles. The van der Waals surface area contributed by atoms with Crippen molar-refractivity contribution in [3.63, 3.8) is 0 Å². The van der Waals surface area contributed by atoms with Gasteiger partial charge in [0.1, 0.15) is 12.2 Å². The van der Waals surface area contributed by atoms with E-state index < -0.39 is 53.9 Å². The van der Waals surface area contributed by atoms with Gasteiger partial charge in [-0.1, -0.05) is 5.11 Å². The van der Waals surface area contributed by atoms with Gasteiger partial charge in [-0.2, -0.15) is 4.39 Å². The Morgan fingerprint density at radius 2 is 2.09 bits per heavy atom. The minimum absolute atomic E-state index is 0.104. The SMILES string of the molecule is [N-]=[N+]=NC[C@H]1O[C@@](O)(n2cc(F)c(=O)[nH]c2=O)[C@H](O)[C@@H](O)[C@H]1O. The zero-order chi connectivity index (χ0) is 17.4. The molecule has 2 rings (SSSR count). The van der Waals surface area contributed by atoms with E-state index in [0.29, 0.717) is 0 Å². The summed E-state index contributed by atoms with van der Waals surface area (Å²) in [5.74, 6) is -4.49. The zero-order valence-electron chi connectivity index (χ0n) is 11.3. The number of aromatic amines is 1. The maximum absolute atomic E-state index is 13.4. The Morgan fingerprint density at radius 3 is 2.70 bits per heavy atom. The molecule has 1 aliphatic heterocycles. The third-order valence-electron chi connectivity index (χ3n) is 3.33. The first-order valence-electron chi connectivity index (χ1n) is 6.19. The number of aliphatic hydroxyl groups excluding tert-OH is 3. The first kappa shape index (κ1) is 17.1. The van der Waals surface area contributed by atoms with Crippen LogP contribution in [0.4, 0.5) is 4.39 Å². The second kappa shape index (κ2) is 6.08. The van der Waals surface area contributed by atoms with Crippen LogP contribution in [0.1, 0.15) is 0 Å². The average molecular weight is 333 g/mol. The number of nitrogens with one attached hydrogen (secondary N) is 1. The molecule has 5 N–H and O–H groups in total. The monoisotopic (exact) mass is 333 g/mol. The van der Waals surface area contributed by atoms with Crippen LogP contribution in [-0.4, -0.2) is 60.9 Å². The molecule has 0 saturated carbocycles. The summed E-state index contributed by atoms with van der Waals surface area (Å²) in [7, 11) is 0. The molecular formula is C10H12FN5O7. The average Bonchev–Trinajstić information content (AvgIpc) is 2.51. The number of azide groups is 1. The van der Waals surface area contributed by atoms with E-state index in [4.69, 9.17) is 10.3 Å². The summed E-state index contributed by atoms with van der Waals surface area (Å²) < 4.78 is 18.4. The summed E-state index contributed by atoms with van der Waals surface area (Å²) in [5, 5.41) is 42.8. The van der Waals surface area contributed by atoms with Crippen molar-refractivity contribution in [1.82, 2.24) is 9.55 Å². The standard InChI is InChI=1S/C10H12FN5O7/c11-3-2-16(9(21)14-8(3)20)10(22)7(19)6(18)5(17)4(23-10)1-13-15-12/h2,4-7,17-19,22H,1H2,(H,14,20,21)/t4-,5+,6+,7-,10-/m1/s1. The molecule has 0 unspecified atom stereocenters. The summed E-state index contributed by atoms with van der Waals surface area (Å²) in [6.07, 6.45) is -7.31. The number of ether oxygens (including phenoxy) is 1. The summed E-state index contributed by atoms with van der Waals surface area (Å²) in [6.45, 7) is -0.565. The maximum atomic E-state index is 13.4. The van der Waals surface area contributed by atoms with Crippen molar-refractivity contribution in [3.8, 4) is 0 Å². The number of aromatic nitrogens is 2. The molecule has 126 valence electrons. The van der Waals surface area contributed by atoms with Crippen molar-refractivity contribution in [1.29, 1.82) is 0 Å². The second-order valence-electron chi connectivity index (χ2n) is 4.76. The lowest BCUT2D eigenvalue weighted by Gasteiger charge is -2.45. The Hall–Kier alpha value is -2.28. The molecule has 0 aliphatic carbocycles. The van der Waals surface area contributed by atoms with Crippen molar-refractivity contribution in [3.05, 3.63) is 43.3 Å². The number of hydrogen-bond donors (Lipinski definition) is 5. The molecule has 0 spiro atoms. The molecule has 13 heteroatoms. The predicted octanol–water partition coefficient (Wildman–Crippen LogP) is -2.93. The van der Waals surface area contributed by atoms with Gasteiger partial charge in [0.15, 0.2) is 6.10 Å². The highest BCUT2D eigenvalue weighted by molar-refractivity contribution is 4.98. The van der Waals surface area contributed by atoms with Gasteiger partial charge in [-0.15, -0.1) is 0 Å². The third kappa shape index (κ3) is 2.84. The van der Waals surface area contributed by atoms with Gasteiger partial charge in [-0.05, 0) is 5.53 Å². The lowest BCUT2D eigenvalue weighted by Crippen LogP contribution is -2.67. The fourth-order valence-corrected chi connectivity index (χ4v) is 2.14. The van der Waals surface area contributed by atoms with E-state index in [2.05, 4.69) is 10.0 Å². The van der Waals surface area contributed by atoms with E-state index >= 15 is 0 Å². The predicted molar refractivity (Wildman–Crippen MR) is 68.4 cm³/mol. The van der Waals surface area contributed by atoms with Crippen molar-refractivity contribution < 1.29 is 29.6 Å². The van der Waals surface area contributed by atoms with Crippen molar-refractivity contribution >= 4 is 0 Å². The molecule has 1 aliphatic rings. The largest absolute Gasteiger partial charge is 0.388 e. The minimum atomic E-state index is -3.02. The summed E-state index contributed by atoms with van der Waals surface area (Å²) in [6, 6.07) is 0. The molecule has 1 saturated heterocycles. The van der Waals surface area contributed by atoms with Crippen LogP contribution in [0.15, 0.2) is 20.9 Å². The Balaban J connectivity index is 2.53. The van der Waals surface area contributed by atoms with E-state index in [1.54, 1.807) is 0 Å². The van der Waals surface area contributed by atoms with Gasteiger partial charge < -0.3 is 25.2 Å². The summed E-state index contributed by atoms with van der Waals surface area (Å²) in [5.41, 5.74) is 5.55. The van der Waals surface area contributed by atoms with Crippen LogP contribution in [0, 0.1) is 5.82 Å². The summed E-state index contributed by atoms with van der Waals surface area (Å²) >= 11 is 0. The van der Waals surface area contributed by atoms with E-state index in [9.17, 15) is 34.4 Å². The van der Waals surface area contributed by atoms with Crippen LogP contribution in [0.25, 0.3) is 10.4 Å². The fraction of sp³-hybridized carbons (Fsp3) is 0.600. The number of aliphatic hydroxyl groups is 4. The maximum Gasteiger partial charge on any atom is 0.332 e. The van der Waals surface area contributed by atoms with Crippen LogP contribution < -0.4 is 11.2 Å². The normalized spacial score (nSPS) is 34.0. The van der Waals surface area contributed by atoms with E-state index in [1.807, 2.05) is 0 Å². The highest BCUT2D eigenvalue weighted by atomic mass is 19.1. The minimum Gasteiger partial charge on any atom is -0.388 e. The number of rotatable bonds is 3. The Bertz CT molecular complexity index is 759. The lowest BCUT2D eigenvalue weighted by atomic mass is 9.96. The van der Waals surface area contributed by atoms with Crippen LogP contribution in [-0.2, 0) is 10.6 Å². The molecule has 0 bridgehead atoms. The van der Waals surface area contributed by atoms with E-state index in [-0.39, 0.29) is 10.8 Å². The van der Waals surface area contributed by atoms with Crippen molar-refractivity contribution in [2.45, 2.75) is 30.3 Å². The quantitative estimate of drug-likeness (QED) is 0.222. The van der Waals surface area contributed by atoms with E-state index in [0.717, 1.165) is 0 Å². The fourth-order valence-electron chi connectivity index (χ4n) is 2.14. The third-order valence-corrected chi connectivity index (χ3v) is 3.33. The molecule has 1 fully saturated rings. The Kier molecular flexibility index (Phi) is 4.51. The number of hydrogen-bond acceptors (Lipinski definition) is 8. The first-order chi connectivity index (χ1) is 10.7. The molecule has 5 atom stereocenters. The zero-order valence-corrected chi connectivity index (χ0v) is 11.3. The van der Waals surface area contributed by atoms with Gasteiger partial charge in [0.2, 0.25) is 5.82 Å². The highest BCUT2D eigenvalue weighted by Crippen LogP contribution is 2.31. The molecule has 12 nitrogen and oxygen atoms in total. The topological polar surface area (TPSA) is 194 Å². The van der Waals surface area contributed by atoms with Gasteiger partial charge in [0.05, 0.1) is 18.8 Å². The molecule has 2 heterocycles. The van der Waals surface area contributed by atoms with E-state index in [1.165, 1.54) is 4.98 Å². The van der Waals surface area contributed by atoms with Crippen molar-refractivity contribution in [2.75, 3.05) is 6.54 Å². The van der Waals surface area contributed by atoms with Gasteiger partial charge in [0, 0.05) is 4.91 Å². The van der Waals surface area contributed by atoms with Gasteiger partial charge in [0.25, 0.3) is 11.5 Å². The molecule has 23 heavy (non-hydrogen) atoms. The van der Waals surface area contributed by atoms with Crippen LogP contribution in [0.2, 0.25) is 0 Å². The lowest BCUT2D eigenvalue weighted by molar-refractivity contribution is -0.388. The molecule has 1 aromatic rings. The Labute approximate surface area is 125 Å². The molecule has 0 amide bonds. The number of nitrogens with zero attached hydrogens (tertiary/aromatic N) is 4. The van der Waals surface area contributed by atoms with Crippen LogP contribution in [0.5, 0.6) is 0 Å². The van der Waals surface area contributed by atoms with Gasteiger partial charge in [-0.3, -0.25) is 9.78 Å². The molecule has 1 aromatic heterocycles.